The third-order valence-electron chi connectivity index (χ3n) is 4.16. The number of carbonyl (C=O) groups excluding carboxylic acids is 1. The van der Waals surface area contributed by atoms with Gasteiger partial charge in [0.2, 0.25) is 5.91 Å². The summed E-state index contributed by atoms with van der Waals surface area (Å²) >= 11 is 0. The van der Waals surface area contributed by atoms with Gasteiger partial charge in [-0.15, -0.1) is 0 Å². The van der Waals surface area contributed by atoms with Gasteiger partial charge in [0.1, 0.15) is 5.69 Å². The molecule has 1 saturated heterocycles. The lowest BCUT2D eigenvalue weighted by molar-refractivity contribution is -0.384. The highest BCUT2D eigenvalue weighted by atomic mass is 16.6. The molecular formula is C17H26N4O3. The van der Waals surface area contributed by atoms with Crippen molar-refractivity contribution in [3.63, 3.8) is 0 Å². The van der Waals surface area contributed by atoms with Crippen LogP contribution in [0, 0.1) is 10.1 Å². The van der Waals surface area contributed by atoms with Crippen molar-refractivity contribution in [2.75, 3.05) is 31.1 Å². The van der Waals surface area contributed by atoms with Gasteiger partial charge in [-0.05, 0) is 33.8 Å². The Kier molecular flexibility index (Phi) is 5.43. The van der Waals surface area contributed by atoms with Crippen molar-refractivity contribution in [2.24, 2.45) is 0 Å². The van der Waals surface area contributed by atoms with Crippen LogP contribution >= 0.6 is 0 Å². The zero-order valence-corrected chi connectivity index (χ0v) is 14.8. The molecule has 1 unspecified atom stereocenters. The second kappa shape index (κ2) is 7.17. The van der Waals surface area contributed by atoms with E-state index in [9.17, 15) is 14.9 Å². The molecule has 1 aliphatic rings. The van der Waals surface area contributed by atoms with E-state index in [0.29, 0.717) is 31.9 Å². The third-order valence-corrected chi connectivity index (χ3v) is 4.16. The molecule has 0 radical (unpaired) electrons. The van der Waals surface area contributed by atoms with Crippen molar-refractivity contribution in [1.29, 1.82) is 0 Å². The van der Waals surface area contributed by atoms with E-state index >= 15 is 0 Å². The molecule has 7 heteroatoms. The molecule has 0 spiro atoms. The Morgan fingerprint density at radius 3 is 2.33 bits per heavy atom. The van der Waals surface area contributed by atoms with Crippen LogP contribution in [-0.2, 0) is 4.79 Å². The van der Waals surface area contributed by atoms with Gasteiger partial charge in [0.05, 0.1) is 11.0 Å². The Bertz CT molecular complexity index is 604. The highest BCUT2D eigenvalue weighted by molar-refractivity contribution is 5.82. The number of para-hydroxylation sites is 2. The van der Waals surface area contributed by atoms with E-state index in [2.05, 4.69) is 10.2 Å². The molecule has 0 bridgehead atoms. The first-order valence-electron chi connectivity index (χ1n) is 8.23. The van der Waals surface area contributed by atoms with Crippen LogP contribution in [0.2, 0.25) is 0 Å². The minimum absolute atomic E-state index is 0.0154. The van der Waals surface area contributed by atoms with E-state index < -0.39 is 0 Å². The fourth-order valence-electron chi connectivity index (χ4n) is 2.88. The maximum atomic E-state index is 12.3. The highest BCUT2D eigenvalue weighted by Crippen LogP contribution is 2.28. The number of anilines is 1. The summed E-state index contributed by atoms with van der Waals surface area (Å²) in [6.45, 7) is 10.5. The topological polar surface area (TPSA) is 78.7 Å². The number of nitrogens with zero attached hydrogens (tertiary/aromatic N) is 3. The van der Waals surface area contributed by atoms with Gasteiger partial charge in [0.25, 0.3) is 5.69 Å². The van der Waals surface area contributed by atoms with Crippen molar-refractivity contribution in [3.05, 3.63) is 34.4 Å². The number of piperazine rings is 1. The van der Waals surface area contributed by atoms with Crippen LogP contribution in [0.15, 0.2) is 24.3 Å². The SMILES string of the molecule is CC(C(=O)NC(C)(C)C)N1CCN(c2ccccc2[N+](=O)[O-])CC1. The third kappa shape index (κ3) is 4.44. The first-order valence-corrected chi connectivity index (χ1v) is 8.23. The van der Waals surface area contributed by atoms with Crippen LogP contribution in [0.25, 0.3) is 0 Å². The quantitative estimate of drug-likeness (QED) is 0.673. The lowest BCUT2D eigenvalue weighted by Gasteiger charge is -2.39. The minimum Gasteiger partial charge on any atom is -0.363 e. The van der Waals surface area contributed by atoms with Crippen molar-refractivity contribution in [3.8, 4) is 0 Å². The molecule has 1 fully saturated rings. The summed E-state index contributed by atoms with van der Waals surface area (Å²) < 4.78 is 0. The van der Waals surface area contributed by atoms with Crippen molar-refractivity contribution < 1.29 is 9.72 Å². The maximum absolute atomic E-state index is 12.3. The fourth-order valence-corrected chi connectivity index (χ4v) is 2.88. The van der Waals surface area contributed by atoms with Gasteiger partial charge in [-0.3, -0.25) is 19.8 Å². The van der Waals surface area contributed by atoms with Crippen molar-refractivity contribution >= 4 is 17.3 Å². The van der Waals surface area contributed by atoms with Gasteiger partial charge in [0, 0.05) is 37.8 Å². The van der Waals surface area contributed by atoms with Crippen LogP contribution in [0.4, 0.5) is 11.4 Å². The number of carbonyl (C=O) groups is 1. The molecule has 1 aliphatic heterocycles. The molecule has 1 aromatic carbocycles. The fraction of sp³-hybridized carbons (Fsp3) is 0.588. The number of hydrogen-bond donors (Lipinski definition) is 1. The summed E-state index contributed by atoms with van der Waals surface area (Å²) in [5.41, 5.74) is 0.524. The molecule has 1 amide bonds. The lowest BCUT2D eigenvalue weighted by atomic mass is 10.1. The number of nitro groups is 1. The van der Waals surface area contributed by atoms with E-state index in [-0.39, 0.29) is 28.1 Å². The summed E-state index contributed by atoms with van der Waals surface area (Å²) in [5.74, 6) is 0.0154. The van der Waals surface area contributed by atoms with Crippen LogP contribution in [0.5, 0.6) is 0 Å². The van der Waals surface area contributed by atoms with Crippen LogP contribution < -0.4 is 10.2 Å². The zero-order chi connectivity index (χ0) is 17.9. The molecule has 0 saturated carbocycles. The molecule has 1 heterocycles. The number of benzene rings is 1. The average molecular weight is 334 g/mol. The Balaban J connectivity index is 1.99. The van der Waals surface area contributed by atoms with Gasteiger partial charge in [-0.25, -0.2) is 0 Å². The molecule has 7 nitrogen and oxygen atoms in total. The van der Waals surface area contributed by atoms with Gasteiger partial charge < -0.3 is 10.2 Å². The molecule has 2 rings (SSSR count). The van der Waals surface area contributed by atoms with Crippen LogP contribution in [0.3, 0.4) is 0 Å². The molecule has 132 valence electrons. The standard InChI is InChI=1S/C17H26N4O3/c1-13(16(22)18-17(2,3)4)19-9-11-20(12-10-19)14-7-5-6-8-15(14)21(23)24/h5-8,13H,9-12H2,1-4H3,(H,18,22). The van der Waals surface area contributed by atoms with Crippen molar-refractivity contribution in [1.82, 2.24) is 10.2 Å². The van der Waals surface area contributed by atoms with Crippen LogP contribution in [0.1, 0.15) is 27.7 Å². The van der Waals surface area contributed by atoms with E-state index in [1.807, 2.05) is 38.7 Å². The average Bonchev–Trinajstić information content (AvgIpc) is 2.52. The normalized spacial score (nSPS) is 17.4. The molecule has 0 aromatic heterocycles. The highest BCUT2D eigenvalue weighted by Gasteiger charge is 2.29. The predicted molar refractivity (Wildman–Crippen MR) is 94.2 cm³/mol. The molecule has 0 aliphatic carbocycles. The Hall–Kier alpha value is -2.15. The number of hydrogen-bond acceptors (Lipinski definition) is 5. The predicted octanol–water partition coefficient (Wildman–Crippen LogP) is 2.02. The summed E-state index contributed by atoms with van der Waals surface area (Å²) in [6, 6.07) is 6.59. The van der Waals surface area contributed by atoms with E-state index in [4.69, 9.17) is 0 Å². The number of amides is 1. The maximum Gasteiger partial charge on any atom is 0.292 e. The van der Waals surface area contributed by atoms with Crippen molar-refractivity contribution in [2.45, 2.75) is 39.3 Å². The van der Waals surface area contributed by atoms with Crippen LogP contribution in [-0.4, -0.2) is 53.5 Å². The number of rotatable bonds is 4. The zero-order valence-electron chi connectivity index (χ0n) is 14.8. The molecule has 1 N–H and O–H groups in total. The molecule has 24 heavy (non-hydrogen) atoms. The smallest absolute Gasteiger partial charge is 0.292 e. The van der Waals surface area contributed by atoms with Gasteiger partial charge in [-0.2, -0.15) is 0 Å². The van der Waals surface area contributed by atoms with E-state index in [1.165, 1.54) is 6.07 Å². The Morgan fingerprint density at radius 2 is 1.79 bits per heavy atom. The summed E-state index contributed by atoms with van der Waals surface area (Å²) in [6.07, 6.45) is 0. The largest absolute Gasteiger partial charge is 0.363 e. The lowest BCUT2D eigenvalue weighted by Crippen LogP contribution is -2.56. The molecular weight excluding hydrogens is 308 g/mol. The molecule has 1 aromatic rings. The first-order chi connectivity index (χ1) is 11.2. The summed E-state index contributed by atoms with van der Waals surface area (Å²) in [7, 11) is 0. The summed E-state index contributed by atoms with van der Waals surface area (Å²) in [5, 5.41) is 14.2. The molecule has 1 atom stereocenters. The van der Waals surface area contributed by atoms with Gasteiger partial charge >= 0.3 is 0 Å². The Morgan fingerprint density at radius 1 is 1.21 bits per heavy atom. The van der Waals surface area contributed by atoms with E-state index in [0.717, 1.165) is 0 Å². The first kappa shape index (κ1) is 18.2. The van der Waals surface area contributed by atoms with Gasteiger partial charge in [0.15, 0.2) is 0 Å². The number of nitrogens with one attached hydrogen (secondary N) is 1. The van der Waals surface area contributed by atoms with Gasteiger partial charge in [-0.1, -0.05) is 12.1 Å². The monoisotopic (exact) mass is 334 g/mol. The second-order valence-electron chi connectivity index (χ2n) is 7.18. The summed E-state index contributed by atoms with van der Waals surface area (Å²) in [4.78, 5) is 27.3. The minimum atomic E-state index is -0.346. The number of nitro benzene ring substituents is 1. The second-order valence-corrected chi connectivity index (χ2v) is 7.18. The Labute approximate surface area is 142 Å². The van der Waals surface area contributed by atoms with E-state index in [1.54, 1.807) is 12.1 Å².